The molecule has 5 atom stereocenters. The Labute approximate surface area is 280 Å². The van der Waals surface area contributed by atoms with Crippen LogP contribution in [0.4, 0.5) is 0 Å². The van der Waals surface area contributed by atoms with Crippen LogP contribution in [0.1, 0.15) is 45.1 Å². The predicted octanol–water partition coefficient (Wildman–Crippen LogP) is 9.61. The van der Waals surface area contributed by atoms with Crippen molar-refractivity contribution in [1.29, 1.82) is 5.41 Å². The third-order valence-corrected chi connectivity index (χ3v) is 9.18. The summed E-state index contributed by atoms with van der Waals surface area (Å²) in [7, 11) is 0. The van der Waals surface area contributed by atoms with Gasteiger partial charge in [0.15, 0.2) is 0 Å². The molecule has 0 fully saturated rings. The van der Waals surface area contributed by atoms with Gasteiger partial charge in [-0.2, -0.15) is 0 Å². The number of benzene rings is 1. The molecule has 4 heteroatoms. The number of aliphatic imine (C=N–C) groups is 3. The molecule has 0 bridgehead atoms. The first kappa shape index (κ1) is 32.0. The van der Waals surface area contributed by atoms with Gasteiger partial charge in [-0.25, -0.2) is 0 Å². The molecule has 0 aromatic heterocycles. The van der Waals surface area contributed by atoms with Crippen molar-refractivity contribution >= 4 is 22.8 Å². The van der Waals surface area contributed by atoms with Crippen molar-refractivity contribution in [3.8, 4) is 0 Å². The second kappa shape index (κ2) is 15.1. The molecule has 1 N–H and O–H groups in total. The molecule has 0 saturated carbocycles. The zero-order valence-electron chi connectivity index (χ0n) is 27.5. The lowest BCUT2D eigenvalue weighted by molar-refractivity contribution is 0.465. The van der Waals surface area contributed by atoms with Crippen molar-refractivity contribution in [3.05, 3.63) is 168 Å². The predicted molar refractivity (Wildman–Crippen MR) is 201 cm³/mol. The van der Waals surface area contributed by atoms with Crippen molar-refractivity contribution in [2.75, 3.05) is 0 Å². The third-order valence-electron chi connectivity index (χ3n) is 9.18. The zero-order valence-corrected chi connectivity index (χ0v) is 27.5. The summed E-state index contributed by atoms with van der Waals surface area (Å²) in [5, 5.41) is 8.55. The number of nitrogens with one attached hydrogen (secondary N) is 1. The van der Waals surface area contributed by atoms with Crippen LogP contribution in [-0.2, 0) is 0 Å². The number of hydrogen-bond acceptors (Lipinski definition) is 4. The Balaban J connectivity index is 1.38. The highest BCUT2D eigenvalue weighted by molar-refractivity contribution is 6.54. The Kier molecular flexibility index (Phi) is 10.3. The topological polar surface area (TPSA) is 60.9 Å². The molecule has 2 aliphatic heterocycles. The summed E-state index contributed by atoms with van der Waals surface area (Å²) in [4.78, 5) is 15.8. The Morgan fingerprint density at radius 3 is 2.55 bits per heavy atom. The summed E-state index contributed by atoms with van der Waals surface area (Å²) >= 11 is 0. The maximum Gasteiger partial charge on any atom is 0.0920 e. The first-order valence-electron chi connectivity index (χ1n) is 16.9. The van der Waals surface area contributed by atoms with Crippen molar-refractivity contribution in [2.24, 2.45) is 26.8 Å². The van der Waals surface area contributed by atoms with Crippen LogP contribution in [0.15, 0.2) is 177 Å². The molecule has 0 spiro atoms. The molecular formula is C43H44N4. The second-order valence-electron chi connectivity index (χ2n) is 12.5. The quantitative estimate of drug-likeness (QED) is 0.201. The lowest BCUT2D eigenvalue weighted by Gasteiger charge is -2.32. The first-order valence-corrected chi connectivity index (χ1v) is 16.9. The fourth-order valence-electron chi connectivity index (χ4n) is 6.58. The fourth-order valence-corrected chi connectivity index (χ4v) is 6.58. The monoisotopic (exact) mass is 616 g/mol. The molecule has 1 aromatic rings. The third kappa shape index (κ3) is 7.55. The lowest BCUT2D eigenvalue weighted by Crippen LogP contribution is -2.37. The van der Waals surface area contributed by atoms with E-state index in [9.17, 15) is 0 Å². The van der Waals surface area contributed by atoms with E-state index < -0.39 is 0 Å². The van der Waals surface area contributed by atoms with E-state index in [-0.39, 0.29) is 30.0 Å². The first-order chi connectivity index (χ1) is 23.0. The zero-order chi connectivity index (χ0) is 32.6. The molecule has 4 unspecified atom stereocenters. The molecule has 6 rings (SSSR count). The van der Waals surface area contributed by atoms with Crippen LogP contribution in [0.3, 0.4) is 0 Å². The van der Waals surface area contributed by atoms with Gasteiger partial charge in [0.25, 0.3) is 0 Å². The molecule has 3 aliphatic carbocycles. The molecule has 5 aliphatic rings. The Morgan fingerprint density at radius 2 is 1.81 bits per heavy atom. The second-order valence-corrected chi connectivity index (χ2v) is 12.5. The normalized spacial score (nSPS) is 27.1. The van der Waals surface area contributed by atoms with Gasteiger partial charge < -0.3 is 5.41 Å². The average Bonchev–Trinajstić information content (AvgIpc) is 3.13. The van der Waals surface area contributed by atoms with E-state index >= 15 is 0 Å². The van der Waals surface area contributed by atoms with Crippen molar-refractivity contribution in [3.63, 3.8) is 0 Å². The Morgan fingerprint density at radius 1 is 0.957 bits per heavy atom. The highest BCUT2D eigenvalue weighted by Crippen LogP contribution is 2.32. The molecule has 4 nitrogen and oxygen atoms in total. The summed E-state index contributed by atoms with van der Waals surface area (Å²) < 4.78 is 0. The van der Waals surface area contributed by atoms with Gasteiger partial charge in [-0.05, 0) is 67.1 Å². The largest absolute Gasteiger partial charge is 0.305 e. The number of allylic oxidation sites excluding steroid dienone is 16. The van der Waals surface area contributed by atoms with Crippen LogP contribution in [-0.4, -0.2) is 41.0 Å². The van der Waals surface area contributed by atoms with Crippen LogP contribution in [0.5, 0.6) is 0 Å². The minimum Gasteiger partial charge on any atom is -0.305 e. The van der Waals surface area contributed by atoms with Gasteiger partial charge in [-0.15, -0.1) is 0 Å². The highest BCUT2D eigenvalue weighted by atomic mass is 15.0. The van der Waals surface area contributed by atoms with Crippen LogP contribution in [0.25, 0.3) is 0 Å². The van der Waals surface area contributed by atoms with Crippen molar-refractivity contribution in [1.82, 2.24) is 0 Å². The van der Waals surface area contributed by atoms with E-state index in [2.05, 4.69) is 122 Å². The summed E-state index contributed by atoms with van der Waals surface area (Å²) in [6.07, 6.45) is 40.4. The van der Waals surface area contributed by atoms with E-state index in [0.29, 0.717) is 12.1 Å². The number of dihydropyridines is 1. The maximum absolute atomic E-state index is 8.55. The van der Waals surface area contributed by atoms with Crippen molar-refractivity contribution in [2.45, 2.75) is 57.7 Å². The number of hydrogen-bond donors (Lipinski definition) is 1. The Bertz CT molecular complexity index is 1790. The summed E-state index contributed by atoms with van der Waals surface area (Å²) in [5.74, 6) is 0.514. The van der Waals surface area contributed by atoms with Gasteiger partial charge in [0.2, 0.25) is 0 Å². The van der Waals surface area contributed by atoms with Gasteiger partial charge in [0.05, 0.1) is 29.5 Å². The number of fused-ring (bicyclic) bond motifs is 1. The smallest absolute Gasteiger partial charge is 0.0920 e. The standard InChI is InChI=1S/C43H44N4/c1-4-31(38(29-37(44)5-2)36-27-26-32-25-24-30(3)45-40(32)28-36)22-15-23-39-41(33-16-9-6-10-17-33)47-43(35-20-13-8-14-21-35)42(46-39)34-18-11-7-12-19-34/h4,6-7,9-13,15-16,18-29,32-33,39-41,44H,1,5,8,14,17H2,2-3H3/b23-15+,31-22+,38-29-,44-37?/t32-,33?,39?,40?,41?/m1/s1. The van der Waals surface area contributed by atoms with Crippen LogP contribution >= 0.6 is 0 Å². The maximum atomic E-state index is 8.55. The summed E-state index contributed by atoms with van der Waals surface area (Å²) in [5.41, 5.74) is 8.79. The molecule has 236 valence electrons. The van der Waals surface area contributed by atoms with Gasteiger partial charge in [0, 0.05) is 28.8 Å². The summed E-state index contributed by atoms with van der Waals surface area (Å²) in [6, 6.07) is 10.3. The lowest BCUT2D eigenvalue weighted by atomic mass is 9.84. The van der Waals surface area contributed by atoms with E-state index in [1.165, 1.54) is 0 Å². The molecule has 0 amide bonds. The summed E-state index contributed by atoms with van der Waals surface area (Å²) in [6.45, 7) is 8.25. The van der Waals surface area contributed by atoms with E-state index in [0.717, 1.165) is 64.3 Å². The SMILES string of the molecule is C=CC(=C\C=C\C1N=C(c2ccccc2)C(C2=CCCC=C2)=NC1C1C=CC=CC1)/C(=C/C(=N)CC)C1=CC2N=C(C)C=C[C@@H]2C=C1. The van der Waals surface area contributed by atoms with E-state index in [1.807, 2.05) is 32.1 Å². The van der Waals surface area contributed by atoms with E-state index in [4.69, 9.17) is 20.4 Å². The van der Waals surface area contributed by atoms with Gasteiger partial charge >= 0.3 is 0 Å². The minimum atomic E-state index is -0.146. The number of nitrogens with zero attached hydrogens (tertiary/aromatic N) is 3. The molecule has 0 saturated heterocycles. The molecule has 2 heterocycles. The van der Waals surface area contributed by atoms with Crippen LogP contribution in [0.2, 0.25) is 0 Å². The van der Waals surface area contributed by atoms with Crippen LogP contribution < -0.4 is 0 Å². The molecular weight excluding hydrogens is 573 g/mol. The molecule has 1 aromatic carbocycles. The fraction of sp³-hybridized carbons (Fsp3) is 0.256. The molecule has 47 heavy (non-hydrogen) atoms. The minimum absolute atomic E-state index is 0.0311. The van der Waals surface area contributed by atoms with E-state index in [1.54, 1.807) is 0 Å². The average molecular weight is 617 g/mol. The van der Waals surface area contributed by atoms with Gasteiger partial charge in [-0.1, -0.05) is 135 Å². The van der Waals surface area contributed by atoms with Gasteiger partial charge in [-0.3, -0.25) is 15.0 Å². The van der Waals surface area contributed by atoms with Gasteiger partial charge in [0.1, 0.15) is 0 Å². The molecule has 0 radical (unpaired) electrons. The highest BCUT2D eigenvalue weighted by Gasteiger charge is 2.33. The van der Waals surface area contributed by atoms with Crippen LogP contribution in [0, 0.1) is 17.2 Å². The number of rotatable bonds is 10. The Hall–Kier alpha value is -4.96. The van der Waals surface area contributed by atoms with Crippen molar-refractivity contribution < 1.29 is 0 Å².